The van der Waals surface area contributed by atoms with Gasteiger partial charge in [0.2, 0.25) is 10.0 Å². The predicted molar refractivity (Wildman–Crippen MR) is 59.9 cm³/mol. The lowest BCUT2D eigenvalue weighted by Crippen LogP contribution is -2.28. The van der Waals surface area contributed by atoms with Gasteiger partial charge in [0.15, 0.2) is 0 Å². The molecular weight excluding hydrogens is 218 g/mol. The zero-order valence-electron chi connectivity index (χ0n) is 8.36. The molecule has 0 aliphatic heterocycles. The first kappa shape index (κ1) is 11.7. The van der Waals surface area contributed by atoms with Crippen LogP contribution in [0.15, 0.2) is 17.5 Å². The molecule has 3 nitrogen and oxygen atoms in total. The summed E-state index contributed by atoms with van der Waals surface area (Å²) in [4.78, 5) is 1.05. The van der Waals surface area contributed by atoms with Crippen LogP contribution in [0.1, 0.15) is 31.2 Å². The maximum atomic E-state index is 11.4. The lowest BCUT2D eigenvalue weighted by Gasteiger charge is -2.11. The summed E-state index contributed by atoms with van der Waals surface area (Å²) >= 11 is 1.56. The first-order valence-corrected chi connectivity index (χ1v) is 7.12. The maximum absolute atomic E-state index is 11.4. The first-order valence-electron chi connectivity index (χ1n) is 4.58. The van der Waals surface area contributed by atoms with Gasteiger partial charge in [-0.3, -0.25) is 0 Å². The Kier molecular flexibility index (Phi) is 4.10. The third-order valence-electron chi connectivity index (χ3n) is 1.80. The molecule has 0 amide bonds. The number of hydrogen-bond donors (Lipinski definition) is 1. The molecule has 0 bridgehead atoms. The molecule has 0 aliphatic carbocycles. The van der Waals surface area contributed by atoms with Gasteiger partial charge in [-0.15, -0.1) is 11.3 Å². The van der Waals surface area contributed by atoms with Crippen LogP contribution in [0, 0.1) is 0 Å². The average Bonchev–Trinajstić information content (AvgIpc) is 2.53. The van der Waals surface area contributed by atoms with Crippen molar-refractivity contribution in [3.63, 3.8) is 0 Å². The van der Waals surface area contributed by atoms with Crippen LogP contribution in [-0.2, 0) is 10.0 Å². The van der Waals surface area contributed by atoms with E-state index in [2.05, 4.69) is 4.72 Å². The van der Waals surface area contributed by atoms with Crippen LogP contribution in [-0.4, -0.2) is 14.2 Å². The maximum Gasteiger partial charge on any atom is 0.212 e. The molecule has 1 aromatic heterocycles. The van der Waals surface area contributed by atoms with Gasteiger partial charge in [-0.05, 0) is 24.8 Å². The van der Waals surface area contributed by atoms with Gasteiger partial charge in [0, 0.05) is 4.88 Å². The van der Waals surface area contributed by atoms with E-state index < -0.39 is 10.0 Å². The molecule has 0 saturated carbocycles. The lowest BCUT2D eigenvalue weighted by molar-refractivity contribution is 0.567. The third-order valence-corrected chi connectivity index (χ3v) is 4.51. The topological polar surface area (TPSA) is 46.2 Å². The molecule has 5 heteroatoms. The van der Waals surface area contributed by atoms with E-state index >= 15 is 0 Å². The SMILES string of the molecule is CCCS(=O)(=O)NC(C)c1cccs1. The van der Waals surface area contributed by atoms with Crippen LogP contribution in [0.4, 0.5) is 0 Å². The van der Waals surface area contributed by atoms with Gasteiger partial charge in [0.25, 0.3) is 0 Å². The second kappa shape index (κ2) is 4.91. The van der Waals surface area contributed by atoms with Crippen LogP contribution in [0.25, 0.3) is 0 Å². The monoisotopic (exact) mass is 233 g/mol. The van der Waals surface area contributed by atoms with E-state index in [1.807, 2.05) is 31.4 Å². The van der Waals surface area contributed by atoms with Crippen molar-refractivity contribution >= 4 is 21.4 Å². The third kappa shape index (κ3) is 3.40. The van der Waals surface area contributed by atoms with Gasteiger partial charge in [0.05, 0.1) is 11.8 Å². The van der Waals surface area contributed by atoms with Crippen LogP contribution < -0.4 is 4.72 Å². The molecule has 1 unspecified atom stereocenters. The highest BCUT2D eigenvalue weighted by molar-refractivity contribution is 7.89. The second-order valence-electron chi connectivity index (χ2n) is 3.17. The fourth-order valence-electron chi connectivity index (χ4n) is 1.19. The smallest absolute Gasteiger partial charge is 0.212 e. The lowest BCUT2D eigenvalue weighted by atomic mass is 10.3. The Hall–Kier alpha value is -0.390. The molecule has 0 spiro atoms. The van der Waals surface area contributed by atoms with Crippen LogP contribution in [0.5, 0.6) is 0 Å². The molecular formula is C9H15NO2S2. The van der Waals surface area contributed by atoms with Gasteiger partial charge in [-0.25, -0.2) is 13.1 Å². The van der Waals surface area contributed by atoms with Crippen molar-refractivity contribution in [2.75, 3.05) is 5.75 Å². The van der Waals surface area contributed by atoms with E-state index in [9.17, 15) is 8.42 Å². The van der Waals surface area contributed by atoms with Crippen molar-refractivity contribution in [1.82, 2.24) is 4.72 Å². The Morgan fingerprint density at radius 2 is 2.29 bits per heavy atom. The summed E-state index contributed by atoms with van der Waals surface area (Å²) in [5, 5.41) is 1.94. The molecule has 1 atom stereocenters. The van der Waals surface area contributed by atoms with E-state index in [1.54, 1.807) is 11.3 Å². The molecule has 0 aromatic carbocycles. The predicted octanol–water partition coefficient (Wildman–Crippen LogP) is 2.14. The molecule has 80 valence electrons. The summed E-state index contributed by atoms with van der Waals surface area (Å²) in [6.07, 6.45) is 0.645. The van der Waals surface area contributed by atoms with Crippen LogP contribution >= 0.6 is 11.3 Å². The van der Waals surface area contributed by atoms with Gasteiger partial charge in [-0.2, -0.15) is 0 Å². The molecule has 14 heavy (non-hydrogen) atoms. The normalized spacial score (nSPS) is 14.1. The summed E-state index contributed by atoms with van der Waals surface area (Å²) in [7, 11) is -3.10. The number of rotatable bonds is 5. The minimum atomic E-state index is -3.10. The van der Waals surface area contributed by atoms with E-state index in [-0.39, 0.29) is 11.8 Å². The summed E-state index contributed by atoms with van der Waals surface area (Å²) in [5.74, 6) is 0.197. The highest BCUT2D eigenvalue weighted by atomic mass is 32.2. The minimum absolute atomic E-state index is 0.119. The number of sulfonamides is 1. The zero-order chi connectivity index (χ0) is 10.6. The van der Waals surface area contributed by atoms with Crippen LogP contribution in [0.3, 0.4) is 0 Å². The molecule has 0 aliphatic rings. The Labute approximate surface area is 89.2 Å². The molecule has 0 saturated heterocycles. The summed E-state index contributed by atoms with van der Waals surface area (Å²) in [6.45, 7) is 3.72. The highest BCUT2D eigenvalue weighted by Gasteiger charge is 2.14. The van der Waals surface area contributed by atoms with Crippen molar-refractivity contribution in [3.8, 4) is 0 Å². The summed E-state index contributed by atoms with van der Waals surface area (Å²) < 4.78 is 25.5. The number of hydrogen-bond acceptors (Lipinski definition) is 3. The Morgan fingerprint density at radius 1 is 1.57 bits per heavy atom. The molecule has 1 heterocycles. The van der Waals surface area contributed by atoms with Gasteiger partial charge in [-0.1, -0.05) is 13.0 Å². The Bertz CT molecular complexity index is 356. The van der Waals surface area contributed by atoms with Crippen molar-refractivity contribution in [1.29, 1.82) is 0 Å². The van der Waals surface area contributed by atoms with E-state index in [0.29, 0.717) is 6.42 Å². The van der Waals surface area contributed by atoms with E-state index in [1.165, 1.54) is 0 Å². The first-order chi connectivity index (χ1) is 6.55. The number of nitrogens with one attached hydrogen (secondary N) is 1. The van der Waals surface area contributed by atoms with E-state index in [4.69, 9.17) is 0 Å². The molecule has 1 N–H and O–H groups in total. The van der Waals surface area contributed by atoms with Gasteiger partial charge < -0.3 is 0 Å². The zero-order valence-corrected chi connectivity index (χ0v) is 9.99. The van der Waals surface area contributed by atoms with Crippen molar-refractivity contribution in [2.45, 2.75) is 26.3 Å². The Balaban J connectivity index is 2.61. The van der Waals surface area contributed by atoms with Crippen LogP contribution in [0.2, 0.25) is 0 Å². The molecule has 0 radical (unpaired) electrons. The largest absolute Gasteiger partial charge is 0.212 e. The number of thiophene rings is 1. The standard InChI is InChI=1S/C9H15NO2S2/c1-3-7-14(11,12)10-8(2)9-5-4-6-13-9/h4-6,8,10H,3,7H2,1-2H3. The van der Waals surface area contributed by atoms with Crippen molar-refractivity contribution in [3.05, 3.63) is 22.4 Å². The molecule has 1 aromatic rings. The fraction of sp³-hybridized carbons (Fsp3) is 0.556. The van der Waals surface area contributed by atoms with E-state index in [0.717, 1.165) is 4.88 Å². The van der Waals surface area contributed by atoms with Crippen molar-refractivity contribution in [2.24, 2.45) is 0 Å². The minimum Gasteiger partial charge on any atom is -0.212 e. The fourth-order valence-corrected chi connectivity index (χ4v) is 3.32. The average molecular weight is 233 g/mol. The second-order valence-corrected chi connectivity index (χ2v) is 6.03. The molecule has 0 fully saturated rings. The Morgan fingerprint density at radius 3 is 2.79 bits per heavy atom. The highest BCUT2D eigenvalue weighted by Crippen LogP contribution is 2.18. The summed E-state index contributed by atoms with van der Waals surface area (Å²) in [5.41, 5.74) is 0. The molecule has 1 rings (SSSR count). The quantitative estimate of drug-likeness (QED) is 0.847. The van der Waals surface area contributed by atoms with Crippen molar-refractivity contribution < 1.29 is 8.42 Å². The van der Waals surface area contributed by atoms with Gasteiger partial charge in [0.1, 0.15) is 0 Å². The summed E-state index contributed by atoms with van der Waals surface area (Å²) in [6, 6.07) is 3.74. The van der Waals surface area contributed by atoms with Gasteiger partial charge >= 0.3 is 0 Å².